The van der Waals surface area contributed by atoms with Gasteiger partial charge in [0.05, 0.1) is 5.92 Å². The van der Waals surface area contributed by atoms with Crippen LogP contribution in [0.3, 0.4) is 0 Å². The first-order valence-electron chi connectivity index (χ1n) is 7.11. The van der Waals surface area contributed by atoms with E-state index in [1.807, 2.05) is 24.3 Å². The van der Waals surface area contributed by atoms with Crippen LogP contribution in [0, 0.1) is 11.8 Å². The van der Waals surface area contributed by atoms with Crippen molar-refractivity contribution in [1.82, 2.24) is 0 Å². The zero-order chi connectivity index (χ0) is 14.7. The third kappa shape index (κ3) is 3.38. The number of anilines is 1. The molecule has 0 saturated heterocycles. The van der Waals surface area contributed by atoms with Crippen molar-refractivity contribution in [2.45, 2.75) is 39.0 Å². The predicted octanol–water partition coefficient (Wildman–Crippen LogP) is 3.25. The third-order valence-corrected chi connectivity index (χ3v) is 4.00. The van der Waals surface area contributed by atoms with Gasteiger partial charge < -0.3 is 10.4 Å². The van der Waals surface area contributed by atoms with Gasteiger partial charge in [-0.1, -0.05) is 26.0 Å². The van der Waals surface area contributed by atoms with Gasteiger partial charge in [-0.05, 0) is 42.9 Å². The van der Waals surface area contributed by atoms with Crippen LogP contribution in [0.15, 0.2) is 24.3 Å². The van der Waals surface area contributed by atoms with E-state index in [1.165, 1.54) is 5.56 Å². The van der Waals surface area contributed by atoms with Crippen molar-refractivity contribution in [2.75, 3.05) is 5.32 Å². The fourth-order valence-electron chi connectivity index (χ4n) is 2.64. The van der Waals surface area contributed by atoms with Crippen molar-refractivity contribution in [3.63, 3.8) is 0 Å². The van der Waals surface area contributed by atoms with Crippen molar-refractivity contribution in [3.05, 3.63) is 29.8 Å². The second-order valence-electron chi connectivity index (χ2n) is 5.81. The lowest BCUT2D eigenvalue weighted by Crippen LogP contribution is -2.21. The molecule has 2 N–H and O–H groups in total. The molecule has 1 aromatic rings. The molecule has 0 unspecified atom stereocenters. The van der Waals surface area contributed by atoms with E-state index >= 15 is 0 Å². The molecular weight excluding hydrogens is 254 g/mol. The monoisotopic (exact) mass is 275 g/mol. The minimum absolute atomic E-state index is 0.0638. The highest BCUT2D eigenvalue weighted by molar-refractivity contribution is 5.93. The molecule has 0 bridgehead atoms. The molecule has 0 radical (unpaired) electrons. The number of rotatable bonds is 4. The molecule has 20 heavy (non-hydrogen) atoms. The van der Waals surface area contributed by atoms with E-state index in [2.05, 4.69) is 19.2 Å². The van der Waals surface area contributed by atoms with Gasteiger partial charge >= 0.3 is 5.97 Å². The molecule has 1 aromatic carbocycles. The van der Waals surface area contributed by atoms with Crippen LogP contribution >= 0.6 is 0 Å². The first-order valence-corrected chi connectivity index (χ1v) is 7.11. The Balaban J connectivity index is 1.93. The first-order chi connectivity index (χ1) is 9.47. The van der Waals surface area contributed by atoms with Gasteiger partial charge in [0.25, 0.3) is 0 Å². The lowest BCUT2D eigenvalue weighted by atomic mass is 10.0. The van der Waals surface area contributed by atoms with Crippen LogP contribution in [0.2, 0.25) is 0 Å². The third-order valence-electron chi connectivity index (χ3n) is 4.00. The van der Waals surface area contributed by atoms with Crippen LogP contribution in [-0.4, -0.2) is 17.0 Å². The van der Waals surface area contributed by atoms with Gasteiger partial charge in [0.15, 0.2) is 0 Å². The normalized spacial score (nSPS) is 21.9. The second-order valence-corrected chi connectivity index (χ2v) is 5.81. The number of carbonyl (C=O) groups is 2. The summed E-state index contributed by atoms with van der Waals surface area (Å²) in [6.45, 7) is 4.25. The van der Waals surface area contributed by atoms with Crippen molar-refractivity contribution in [1.29, 1.82) is 0 Å². The average molecular weight is 275 g/mol. The maximum atomic E-state index is 12.1. The highest BCUT2D eigenvalue weighted by atomic mass is 16.4. The standard InChI is InChI=1S/C16H21NO3/c1-10(2)11-5-7-14(8-6-11)17-15(18)12-3-4-13(9-12)16(19)20/h5-8,10,12-13H,3-4,9H2,1-2H3,(H,17,18)(H,19,20)/t12-,13+/m1/s1. The Bertz CT molecular complexity index is 493. The Hall–Kier alpha value is -1.84. The summed E-state index contributed by atoms with van der Waals surface area (Å²) in [6.07, 6.45) is 1.71. The molecule has 4 heteroatoms. The van der Waals surface area contributed by atoms with Crippen LogP contribution in [0.1, 0.15) is 44.6 Å². The van der Waals surface area contributed by atoms with Gasteiger partial charge in [0.2, 0.25) is 5.91 Å². The van der Waals surface area contributed by atoms with E-state index in [9.17, 15) is 9.59 Å². The molecule has 0 aliphatic heterocycles. The molecule has 1 aliphatic rings. The van der Waals surface area contributed by atoms with E-state index in [0.717, 1.165) is 5.69 Å². The highest BCUT2D eigenvalue weighted by Gasteiger charge is 2.33. The molecule has 1 fully saturated rings. The summed E-state index contributed by atoms with van der Waals surface area (Å²) in [5, 5.41) is 11.8. The number of aliphatic carboxylic acids is 1. The second kappa shape index (κ2) is 6.07. The highest BCUT2D eigenvalue weighted by Crippen LogP contribution is 2.32. The number of carbonyl (C=O) groups excluding carboxylic acids is 1. The molecule has 4 nitrogen and oxygen atoms in total. The minimum Gasteiger partial charge on any atom is -0.481 e. The van der Waals surface area contributed by atoms with Crippen molar-refractivity contribution < 1.29 is 14.7 Å². The summed E-state index contributed by atoms with van der Waals surface area (Å²) in [5.41, 5.74) is 2.01. The summed E-state index contributed by atoms with van der Waals surface area (Å²) >= 11 is 0. The minimum atomic E-state index is -0.790. The summed E-state index contributed by atoms with van der Waals surface area (Å²) in [4.78, 5) is 23.0. The zero-order valence-corrected chi connectivity index (χ0v) is 11.9. The molecule has 2 atom stereocenters. The first kappa shape index (κ1) is 14.6. The van der Waals surface area contributed by atoms with Crippen LogP contribution in [-0.2, 0) is 9.59 Å². The Labute approximate surface area is 119 Å². The summed E-state index contributed by atoms with van der Waals surface area (Å²) in [7, 11) is 0. The molecule has 1 saturated carbocycles. The summed E-state index contributed by atoms with van der Waals surface area (Å²) in [6, 6.07) is 7.82. The van der Waals surface area contributed by atoms with Gasteiger partial charge in [0, 0.05) is 11.6 Å². The molecule has 0 spiro atoms. The van der Waals surface area contributed by atoms with Crippen LogP contribution in [0.25, 0.3) is 0 Å². The van der Waals surface area contributed by atoms with Crippen LogP contribution < -0.4 is 5.32 Å². The SMILES string of the molecule is CC(C)c1ccc(NC(=O)[C@@H]2CC[C@H](C(=O)O)C2)cc1. The van der Waals surface area contributed by atoms with Gasteiger partial charge in [0.1, 0.15) is 0 Å². The Morgan fingerprint density at radius 1 is 1.15 bits per heavy atom. The lowest BCUT2D eigenvalue weighted by Gasteiger charge is -2.12. The van der Waals surface area contributed by atoms with E-state index in [0.29, 0.717) is 25.2 Å². The maximum absolute atomic E-state index is 12.1. The fourth-order valence-corrected chi connectivity index (χ4v) is 2.64. The van der Waals surface area contributed by atoms with Crippen LogP contribution in [0.4, 0.5) is 5.69 Å². The Morgan fingerprint density at radius 3 is 2.25 bits per heavy atom. The number of amides is 1. The van der Waals surface area contributed by atoms with E-state index in [-0.39, 0.29) is 17.7 Å². The van der Waals surface area contributed by atoms with Crippen molar-refractivity contribution in [3.8, 4) is 0 Å². The van der Waals surface area contributed by atoms with Crippen molar-refractivity contribution in [2.24, 2.45) is 11.8 Å². The zero-order valence-electron chi connectivity index (χ0n) is 11.9. The van der Waals surface area contributed by atoms with Crippen molar-refractivity contribution >= 4 is 17.6 Å². The molecule has 0 aromatic heterocycles. The van der Waals surface area contributed by atoms with E-state index in [1.54, 1.807) is 0 Å². The van der Waals surface area contributed by atoms with Gasteiger partial charge in [-0.3, -0.25) is 9.59 Å². The Kier molecular flexibility index (Phi) is 4.42. The van der Waals surface area contributed by atoms with E-state index < -0.39 is 5.97 Å². The topological polar surface area (TPSA) is 66.4 Å². The fraction of sp³-hybridized carbons (Fsp3) is 0.500. The smallest absolute Gasteiger partial charge is 0.306 e. The van der Waals surface area contributed by atoms with Gasteiger partial charge in [-0.2, -0.15) is 0 Å². The molecule has 108 valence electrons. The summed E-state index contributed by atoms with van der Waals surface area (Å²) < 4.78 is 0. The van der Waals surface area contributed by atoms with Gasteiger partial charge in [-0.25, -0.2) is 0 Å². The molecule has 1 aliphatic carbocycles. The molecular formula is C16H21NO3. The number of benzene rings is 1. The largest absolute Gasteiger partial charge is 0.481 e. The summed E-state index contributed by atoms with van der Waals surface area (Å²) in [5.74, 6) is -0.937. The maximum Gasteiger partial charge on any atom is 0.306 e. The predicted molar refractivity (Wildman–Crippen MR) is 77.6 cm³/mol. The Morgan fingerprint density at radius 2 is 1.75 bits per heavy atom. The quantitative estimate of drug-likeness (QED) is 0.886. The number of carboxylic acids is 1. The van der Waals surface area contributed by atoms with Gasteiger partial charge in [-0.15, -0.1) is 0 Å². The molecule has 1 amide bonds. The molecule has 2 rings (SSSR count). The number of carboxylic acid groups (broad SMARTS) is 1. The number of nitrogens with one attached hydrogen (secondary N) is 1. The average Bonchev–Trinajstić information content (AvgIpc) is 2.89. The number of hydrogen-bond acceptors (Lipinski definition) is 2. The molecule has 0 heterocycles. The van der Waals surface area contributed by atoms with E-state index in [4.69, 9.17) is 5.11 Å². The lowest BCUT2D eigenvalue weighted by molar-refractivity contribution is -0.141. The number of hydrogen-bond donors (Lipinski definition) is 2. The van der Waals surface area contributed by atoms with Crippen LogP contribution in [0.5, 0.6) is 0 Å².